The van der Waals surface area contributed by atoms with Crippen LogP contribution in [-0.2, 0) is 0 Å². The topological polar surface area (TPSA) is 43.1 Å². The van der Waals surface area contributed by atoms with Gasteiger partial charge in [-0.15, -0.1) is 0 Å². The Kier molecular flexibility index (Phi) is 3.56. The van der Waals surface area contributed by atoms with Crippen LogP contribution in [0.1, 0.15) is 0 Å². The van der Waals surface area contributed by atoms with Crippen LogP contribution < -0.4 is 5.63 Å². The van der Waals surface area contributed by atoms with E-state index in [4.69, 9.17) is 16.0 Å². The molecule has 3 nitrogen and oxygen atoms in total. The first kappa shape index (κ1) is 14.3. The third-order valence-electron chi connectivity index (χ3n) is 3.48. The third-order valence-corrected chi connectivity index (χ3v) is 4.74. The predicted octanol–water partition coefficient (Wildman–Crippen LogP) is 5.15. The molecule has 4 rings (SSSR count). The van der Waals surface area contributed by atoms with Gasteiger partial charge in [0.1, 0.15) is 5.58 Å². The van der Waals surface area contributed by atoms with Crippen LogP contribution in [0.25, 0.3) is 21.9 Å². The molecule has 0 amide bonds. The van der Waals surface area contributed by atoms with Gasteiger partial charge in [0.2, 0.25) is 0 Å². The van der Waals surface area contributed by atoms with Crippen LogP contribution in [-0.4, -0.2) is 4.98 Å². The molecule has 0 aliphatic rings. The van der Waals surface area contributed by atoms with Gasteiger partial charge in [-0.3, -0.25) is 4.98 Å². The van der Waals surface area contributed by atoms with E-state index in [2.05, 4.69) is 4.98 Å². The maximum atomic E-state index is 12.3. The standard InChI is InChI=1S/C18H10ClNO2S/c19-12-5-7-13(8-6-12)23-16-9-11-10-20-15-4-2-1-3-14(15)17(11)22-18(16)21/h1-10H. The summed E-state index contributed by atoms with van der Waals surface area (Å²) >= 11 is 7.23. The molecule has 2 aromatic heterocycles. The van der Waals surface area contributed by atoms with Crippen LogP contribution >= 0.6 is 23.4 Å². The monoisotopic (exact) mass is 339 g/mol. The molecule has 0 saturated heterocycles. The fourth-order valence-electron chi connectivity index (χ4n) is 2.39. The van der Waals surface area contributed by atoms with Crippen molar-refractivity contribution in [2.45, 2.75) is 9.79 Å². The summed E-state index contributed by atoms with van der Waals surface area (Å²) in [6.07, 6.45) is 1.73. The predicted molar refractivity (Wildman–Crippen MR) is 93.4 cm³/mol. The zero-order valence-corrected chi connectivity index (χ0v) is 13.4. The number of hydrogen-bond acceptors (Lipinski definition) is 4. The zero-order chi connectivity index (χ0) is 15.8. The van der Waals surface area contributed by atoms with Crippen molar-refractivity contribution in [3.63, 3.8) is 0 Å². The minimum atomic E-state index is -0.353. The number of halogens is 1. The molecule has 0 N–H and O–H groups in total. The van der Waals surface area contributed by atoms with Gasteiger partial charge in [-0.1, -0.05) is 35.5 Å². The highest BCUT2D eigenvalue weighted by atomic mass is 35.5. The first-order valence-corrected chi connectivity index (χ1v) is 8.15. The smallest absolute Gasteiger partial charge is 0.350 e. The van der Waals surface area contributed by atoms with Crippen molar-refractivity contribution in [2.24, 2.45) is 0 Å². The van der Waals surface area contributed by atoms with Crippen LogP contribution in [0.5, 0.6) is 0 Å². The number of pyridine rings is 1. The van der Waals surface area contributed by atoms with E-state index in [1.54, 1.807) is 18.3 Å². The molecular formula is C18H10ClNO2S. The maximum Gasteiger partial charge on any atom is 0.350 e. The van der Waals surface area contributed by atoms with E-state index in [1.807, 2.05) is 42.5 Å². The molecule has 0 aliphatic heterocycles. The van der Waals surface area contributed by atoms with Crippen molar-refractivity contribution >= 4 is 45.2 Å². The average Bonchev–Trinajstić information content (AvgIpc) is 2.58. The van der Waals surface area contributed by atoms with Crippen molar-refractivity contribution in [1.29, 1.82) is 0 Å². The molecule has 0 aliphatic carbocycles. The Morgan fingerprint density at radius 3 is 2.65 bits per heavy atom. The minimum absolute atomic E-state index is 0.353. The van der Waals surface area contributed by atoms with Gasteiger partial charge in [0.25, 0.3) is 0 Å². The number of hydrogen-bond donors (Lipinski definition) is 0. The molecule has 23 heavy (non-hydrogen) atoms. The van der Waals surface area contributed by atoms with Crippen molar-refractivity contribution < 1.29 is 4.42 Å². The summed E-state index contributed by atoms with van der Waals surface area (Å²) in [6, 6.07) is 16.8. The lowest BCUT2D eigenvalue weighted by molar-refractivity contribution is 0.546. The van der Waals surface area contributed by atoms with Crippen LogP contribution in [0.15, 0.2) is 79.8 Å². The van der Waals surface area contributed by atoms with E-state index >= 15 is 0 Å². The maximum absolute atomic E-state index is 12.3. The second-order valence-corrected chi connectivity index (χ2v) is 6.57. The van der Waals surface area contributed by atoms with E-state index in [0.717, 1.165) is 21.2 Å². The fraction of sp³-hybridized carbons (Fsp3) is 0. The molecule has 0 fully saturated rings. The number of nitrogens with zero attached hydrogens (tertiary/aromatic N) is 1. The average molecular weight is 340 g/mol. The first-order valence-electron chi connectivity index (χ1n) is 6.96. The van der Waals surface area contributed by atoms with E-state index in [-0.39, 0.29) is 5.63 Å². The Hall–Kier alpha value is -2.30. The summed E-state index contributed by atoms with van der Waals surface area (Å²) in [5.41, 5.74) is 1.02. The summed E-state index contributed by atoms with van der Waals surface area (Å²) in [5.74, 6) is 0. The van der Waals surface area contributed by atoms with Gasteiger partial charge in [0.15, 0.2) is 0 Å². The van der Waals surface area contributed by atoms with Gasteiger partial charge in [0.05, 0.1) is 10.4 Å². The number of fused-ring (bicyclic) bond motifs is 3. The van der Waals surface area contributed by atoms with Gasteiger partial charge in [-0.25, -0.2) is 4.79 Å². The molecule has 0 spiro atoms. The van der Waals surface area contributed by atoms with Crippen LogP contribution in [0.2, 0.25) is 5.02 Å². The lowest BCUT2D eigenvalue weighted by atomic mass is 10.1. The van der Waals surface area contributed by atoms with Crippen LogP contribution in [0.3, 0.4) is 0 Å². The summed E-state index contributed by atoms with van der Waals surface area (Å²) in [5, 5.41) is 2.31. The van der Waals surface area contributed by atoms with Crippen molar-refractivity contribution in [2.75, 3.05) is 0 Å². The third kappa shape index (κ3) is 2.71. The lowest BCUT2D eigenvalue weighted by Crippen LogP contribution is -2.01. The summed E-state index contributed by atoms with van der Waals surface area (Å²) in [6.45, 7) is 0. The highest BCUT2D eigenvalue weighted by Crippen LogP contribution is 2.30. The zero-order valence-electron chi connectivity index (χ0n) is 11.8. The molecule has 2 aromatic carbocycles. The molecule has 0 bridgehead atoms. The Balaban J connectivity index is 1.85. The van der Waals surface area contributed by atoms with E-state index < -0.39 is 0 Å². The Bertz CT molecular complexity index is 1070. The van der Waals surface area contributed by atoms with E-state index in [1.165, 1.54) is 11.8 Å². The Morgan fingerprint density at radius 2 is 1.83 bits per heavy atom. The van der Waals surface area contributed by atoms with Gasteiger partial charge >= 0.3 is 5.63 Å². The highest BCUT2D eigenvalue weighted by molar-refractivity contribution is 7.99. The molecule has 0 saturated carbocycles. The summed E-state index contributed by atoms with van der Waals surface area (Å²) in [4.78, 5) is 18.2. The largest absolute Gasteiger partial charge is 0.421 e. The summed E-state index contributed by atoms with van der Waals surface area (Å²) < 4.78 is 5.56. The molecule has 112 valence electrons. The van der Waals surface area contributed by atoms with Gasteiger partial charge in [-0.05, 0) is 42.5 Å². The summed E-state index contributed by atoms with van der Waals surface area (Å²) in [7, 11) is 0. The van der Waals surface area contributed by atoms with Crippen molar-refractivity contribution in [3.05, 3.63) is 76.2 Å². The van der Waals surface area contributed by atoms with Crippen LogP contribution in [0.4, 0.5) is 0 Å². The molecular weight excluding hydrogens is 330 g/mol. The number of benzene rings is 2. The molecule has 0 radical (unpaired) electrons. The molecule has 0 unspecified atom stereocenters. The quantitative estimate of drug-likeness (QED) is 0.474. The van der Waals surface area contributed by atoms with Crippen molar-refractivity contribution in [3.8, 4) is 0 Å². The first-order chi connectivity index (χ1) is 11.2. The van der Waals surface area contributed by atoms with Gasteiger partial charge in [-0.2, -0.15) is 0 Å². The SMILES string of the molecule is O=c1oc2c(cnc3ccccc32)cc1Sc1ccc(Cl)cc1. The second kappa shape index (κ2) is 5.72. The van der Waals surface area contributed by atoms with Gasteiger partial charge < -0.3 is 4.42 Å². The number of aromatic nitrogens is 1. The Labute approximate surface area is 140 Å². The number of rotatable bonds is 2. The van der Waals surface area contributed by atoms with E-state index in [0.29, 0.717) is 15.5 Å². The molecule has 0 atom stereocenters. The van der Waals surface area contributed by atoms with Crippen molar-refractivity contribution in [1.82, 2.24) is 4.98 Å². The highest BCUT2D eigenvalue weighted by Gasteiger charge is 2.10. The Morgan fingerprint density at radius 1 is 1.04 bits per heavy atom. The molecule has 2 heterocycles. The second-order valence-electron chi connectivity index (χ2n) is 5.01. The molecule has 4 aromatic rings. The van der Waals surface area contributed by atoms with Gasteiger partial charge in [0, 0.05) is 26.9 Å². The minimum Gasteiger partial charge on any atom is -0.421 e. The van der Waals surface area contributed by atoms with E-state index in [9.17, 15) is 4.79 Å². The van der Waals surface area contributed by atoms with Crippen LogP contribution in [0, 0.1) is 0 Å². The normalized spacial score (nSPS) is 11.2. The lowest BCUT2D eigenvalue weighted by Gasteiger charge is -2.04. The molecule has 5 heteroatoms. The number of para-hydroxylation sites is 1. The fourth-order valence-corrected chi connectivity index (χ4v) is 3.36.